The van der Waals surface area contributed by atoms with Crippen LogP contribution in [-0.4, -0.2) is 71.4 Å². The number of methoxy groups -OCH3 is 1. The molecule has 7 nitrogen and oxygen atoms in total. The molecule has 1 unspecified atom stereocenters. The van der Waals surface area contributed by atoms with Gasteiger partial charge in [0, 0.05) is 28.2 Å². The summed E-state index contributed by atoms with van der Waals surface area (Å²) in [6.45, 7) is 6.74. The van der Waals surface area contributed by atoms with Crippen LogP contribution in [0.2, 0.25) is 0 Å². The maximum absolute atomic E-state index is 9.99. The summed E-state index contributed by atoms with van der Waals surface area (Å²) in [6.07, 6.45) is 0.865. The van der Waals surface area contributed by atoms with Gasteiger partial charge in [-0.15, -0.1) is 6.42 Å². The smallest absolute Gasteiger partial charge is 0.146 e. The van der Waals surface area contributed by atoms with Crippen LogP contribution in [0.4, 0.5) is 0 Å². The molecule has 0 radical (unpaired) electrons. The standard InChI is InChI=1S/C25H35O7.W/c1-3-12-31-24-8-4-21(5-9-24)17-22-6-10-25(11-7-22)32-19-23(26)18-28-15-16-30-20-29-14-13-27-2;/h4-11,23,26H,1,3,12-20H2,2H3;/q-1;. The third-order valence-electron chi connectivity index (χ3n) is 4.39. The van der Waals surface area contributed by atoms with Gasteiger partial charge in [-0.1, -0.05) is 24.3 Å². The normalized spacial score (nSPS) is 11.6. The van der Waals surface area contributed by atoms with E-state index in [0.29, 0.717) is 38.8 Å². The molecule has 2 aromatic rings. The monoisotopic (exact) mass is 631 g/mol. The van der Waals surface area contributed by atoms with Crippen molar-refractivity contribution in [2.75, 3.05) is 60.2 Å². The molecular weight excluding hydrogens is 596 g/mol. The van der Waals surface area contributed by atoms with Crippen LogP contribution in [0.5, 0.6) is 11.5 Å². The molecule has 2 aromatic carbocycles. The third-order valence-corrected chi connectivity index (χ3v) is 4.39. The molecular formula is C25H35O7W-. The van der Waals surface area contributed by atoms with E-state index in [4.69, 9.17) is 28.4 Å². The number of rotatable bonds is 18. The van der Waals surface area contributed by atoms with Gasteiger partial charge in [0.15, 0.2) is 0 Å². The molecule has 0 aliphatic carbocycles. The van der Waals surface area contributed by atoms with E-state index in [1.165, 1.54) is 11.1 Å². The average Bonchev–Trinajstić information content (AvgIpc) is 2.82. The Morgan fingerprint density at radius 3 is 1.85 bits per heavy atom. The van der Waals surface area contributed by atoms with Crippen molar-refractivity contribution in [2.24, 2.45) is 0 Å². The minimum Gasteiger partial charge on any atom is -0.496 e. The van der Waals surface area contributed by atoms with E-state index in [1.54, 1.807) is 7.11 Å². The largest absolute Gasteiger partial charge is 0.496 e. The second-order valence-electron chi connectivity index (χ2n) is 7.13. The molecule has 0 heterocycles. The third kappa shape index (κ3) is 13.7. The summed E-state index contributed by atoms with van der Waals surface area (Å²) >= 11 is 0. The van der Waals surface area contributed by atoms with E-state index in [9.17, 15) is 5.11 Å². The number of hydrogen-bond donors (Lipinski definition) is 1. The van der Waals surface area contributed by atoms with Crippen LogP contribution in [0.25, 0.3) is 0 Å². The van der Waals surface area contributed by atoms with E-state index < -0.39 is 6.10 Å². The van der Waals surface area contributed by atoms with Crippen molar-refractivity contribution in [2.45, 2.75) is 18.9 Å². The number of hydrogen-bond acceptors (Lipinski definition) is 7. The predicted molar refractivity (Wildman–Crippen MR) is 122 cm³/mol. The van der Waals surface area contributed by atoms with Gasteiger partial charge in [-0.3, -0.25) is 0 Å². The summed E-state index contributed by atoms with van der Waals surface area (Å²) in [5.41, 5.74) is 2.39. The first-order chi connectivity index (χ1) is 15.7. The maximum atomic E-state index is 9.99. The topological polar surface area (TPSA) is 75.6 Å². The molecule has 1 atom stereocenters. The van der Waals surface area contributed by atoms with Crippen LogP contribution in [0.15, 0.2) is 48.5 Å². The Bertz CT molecular complexity index is 710. The molecule has 0 aromatic heterocycles. The molecule has 0 saturated heterocycles. The van der Waals surface area contributed by atoms with E-state index in [-0.39, 0.29) is 41.1 Å². The number of aliphatic hydroxyl groups excluding tert-OH is 1. The van der Waals surface area contributed by atoms with Crippen molar-refractivity contribution in [1.82, 2.24) is 0 Å². The Hall–Kier alpha value is -1.47. The zero-order valence-corrected chi connectivity index (χ0v) is 22.2. The fraction of sp³-hybridized carbons (Fsp3) is 0.480. The van der Waals surface area contributed by atoms with Gasteiger partial charge in [0.1, 0.15) is 31.0 Å². The maximum Gasteiger partial charge on any atom is 0.146 e. The molecule has 0 amide bonds. The van der Waals surface area contributed by atoms with Crippen molar-refractivity contribution in [3.05, 3.63) is 66.6 Å². The van der Waals surface area contributed by atoms with Crippen molar-refractivity contribution in [3.8, 4) is 11.5 Å². The van der Waals surface area contributed by atoms with Gasteiger partial charge in [-0.25, -0.2) is 0 Å². The van der Waals surface area contributed by atoms with Gasteiger partial charge >= 0.3 is 0 Å². The molecule has 1 N–H and O–H groups in total. The predicted octanol–water partition coefficient (Wildman–Crippen LogP) is 3.27. The zero-order valence-electron chi connectivity index (χ0n) is 19.3. The van der Waals surface area contributed by atoms with Gasteiger partial charge in [0.05, 0.1) is 39.6 Å². The van der Waals surface area contributed by atoms with Crippen molar-refractivity contribution in [1.29, 1.82) is 0 Å². The Morgan fingerprint density at radius 2 is 1.27 bits per heavy atom. The van der Waals surface area contributed by atoms with E-state index in [2.05, 4.69) is 19.1 Å². The van der Waals surface area contributed by atoms with Crippen LogP contribution in [-0.2, 0) is 46.4 Å². The summed E-state index contributed by atoms with van der Waals surface area (Å²) in [5.74, 6) is 1.57. The first-order valence-electron chi connectivity index (χ1n) is 10.8. The van der Waals surface area contributed by atoms with Crippen LogP contribution in [0.1, 0.15) is 17.5 Å². The quantitative estimate of drug-likeness (QED) is 0.154. The fourth-order valence-corrected chi connectivity index (χ4v) is 2.73. The molecule has 8 heteroatoms. The Kier molecular flexibility index (Phi) is 16.9. The molecule has 0 spiro atoms. The fourth-order valence-electron chi connectivity index (χ4n) is 2.73. The summed E-state index contributed by atoms with van der Waals surface area (Å²) in [6, 6.07) is 16.0. The zero-order chi connectivity index (χ0) is 22.9. The molecule has 0 fully saturated rings. The van der Waals surface area contributed by atoms with Crippen LogP contribution < -0.4 is 9.47 Å². The van der Waals surface area contributed by atoms with Crippen molar-refractivity contribution < 1.29 is 54.6 Å². The minimum atomic E-state index is -0.711. The van der Waals surface area contributed by atoms with Gasteiger partial charge in [0.2, 0.25) is 0 Å². The van der Waals surface area contributed by atoms with Crippen LogP contribution in [0.3, 0.4) is 0 Å². The molecule has 0 saturated carbocycles. The van der Waals surface area contributed by atoms with Crippen molar-refractivity contribution in [3.63, 3.8) is 0 Å². The molecule has 2 rings (SSSR count). The molecule has 33 heavy (non-hydrogen) atoms. The molecule has 0 aliphatic heterocycles. The number of benzene rings is 2. The summed E-state index contributed by atoms with van der Waals surface area (Å²) in [7, 11) is 1.62. The Morgan fingerprint density at radius 1 is 0.727 bits per heavy atom. The summed E-state index contributed by atoms with van der Waals surface area (Å²) in [4.78, 5) is 0. The SMILES string of the molecule is [CH2-]CCOc1ccc(Cc2ccc(OCC(O)COCCOCOCCOC)cc2)cc1.[W]. The first kappa shape index (κ1) is 29.6. The average molecular weight is 631 g/mol. The van der Waals surface area contributed by atoms with E-state index >= 15 is 0 Å². The first-order valence-corrected chi connectivity index (χ1v) is 10.8. The summed E-state index contributed by atoms with van der Waals surface area (Å²) < 4.78 is 31.9. The van der Waals surface area contributed by atoms with Crippen molar-refractivity contribution >= 4 is 0 Å². The van der Waals surface area contributed by atoms with Gasteiger partial charge in [-0.05, 0) is 41.8 Å². The molecule has 0 aliphatic rings. The Balaban J connectivity index is 0.00000544. The second-order valence-corrected chi connectivity index (χ2v) is 7.13. The Labute approximate surface area is 211 Å². The molecule has 0 bridgehead atoms. The molecule has 184 valence electrons. The second kappa shape index (κ2) is 18.9. The van der Waals surface area contributed by atoms with Gasteiger partial charge in [0.25, 0.3) is 0 Å². The van der Waals surface area contributed by atoms with Crippen LogP contribution in [0, 0.1) is 6.92 Å². The van der Waals surface area contributed by atoms with Gasteiger partial charge < -0.3 is 40.5 Å². The number of ether oxygens (including phenoxy) is 6. The van der Waals surface area contributed by atoms with Gasteiger partial charge in [-0.2, -0.15) is 0 Å². The number of aliphatic hydroxyl groups is 1. The van der Waals surface area contributed by atoms with E-state index in [1.807, 2.05) is 36.4 Å². The van der Waals surface area contributed by atoms with E-state index in [0.717, 1.165) is 18.6 Å². The minimum absolute atomic E-state index is 0. The van der Waals surface area contributed by atoms with Crippen LogP contribution >= 0.6 is 0 Å². The summed E-state index contributed by atoms with van der Waals surface area (Å²) in [5, 5.41) is 9.99.